The van der Waals surface area contributed by atoms with Crippen LogP contribution in [0.1, 0.15) is 19.8 Å². The number of guanidine groups is 1. The van der Waals surface area contributed by atoms with Crippen LogP contribution in [0.25, 0.3) is 0 Å². The van der Waals surface area contributed by atoms with Gasteiger partial charge in [-0.15, -0.1) is 0 Å². The Balaban J connectivity index is 2.29. The molecule has 1 fully saturated rings. The summed E-state index contributed by atoms with van der Waals surface area (Å²) in [4.78, 5) is 3.93. The maximum atomic E-state index is 5.21. The zero-order chi connectivity index (χ0) is 8.27. The first-order valence-electron chi connectivity index (χ1n) is 3.98. The van der Waals surface area contributed by atoms with Crippen molar-refractivity contribution in [3.63, 3.8) is 0 Å². The number of hydrogen-bond acceptors (Lipinski definition) is 2. The number of aliphatic imine (C=N–C) groups is 1. The van der Waals surface area contributed by atoms with Gasteiger partial charge in [-0.2, -0.15) is 0 Å². The van der Waals surface area contributed by atoms with E-state index in [0.717, 1.165) is 5.92 Å². The lowest BCUT2D eigenvalue weighted by Gasteiger charge is -2.35. The number of nitrogens with zero attached hydrogens (tertiary/aromatic N) is 1. The summed E-state index contributed by atoms with van der Waals surface area (Å²) in [6.07, 6.45) is 2.53. The van der Waals surface area contributed by atoms with Crippen molar-refractivity contribution in [2.45, 2.75) is 25.8 Å². The van der Waals surface area contributed by atoms with Gasteiger partial charge in [0, 0.05) is 13.1 Å². The third-order valence-electron chi connectivity index (χ3n) is 2.30. The molecule has 0 radical (unpaired) electrons. The molecule has 4 heteroatoms. The first-order chi connectivity index (χ1) is 5.27. The molecule has 0 amide bonds. The highest BCUT2D eigenvalue weighted by atomic mass is 15.3. The number of nitrogens with two attached hydrogens (primary N) is 1. The first kappa shape index (κ1) is 8.33. The molecule has 2 atom stereocenters. The summed E-state index contributed by atoms with van der Waals surface area (Å²) in [6, 6.07) is 0.560. The van der Waals surface area contributed by atoms with Gasteiger partial charge in [-0.1, -0.05) is 6.92 Å². The summed E-state index contributed by atoms with van der Waals surface area (Å²) in [6.45, 7) is 2.23. The van der Waals surface area contributed by atoms with Gasteiger partial charge >= 0.3 is 0 Å². The van der Waals surface area contributed by atoms with Crippen LogP contribution in [0.15, 0.2) is 4.99 Å². The quantitative estimate of drug-likeness (QED) is 0.214. The molecule has 0 aromatic heterocycles. The SMILES string of the molecule is CN=C(NN)NC1CCC1C. The van der Waals surface area contributed by atoms with E-state index < -0.39 is 0 Å². The molecule has 4 nitrogen and oxygen atoms in total. The summed E-state index contributed by atoms with van der Waals surface area (Å²) in [5, 5.41) is 3.22. The van der Waals surface area contributed by atoms with Crippen LogP contribution in [0.5, 0.6) is 0 Å². The molecule has 0 saturated heterocycles. The van der Waals surface area contributed by atoms with Crippen molar-refractivity contribution >= 4 is 5.96 Å². The van der Waals surface area contributed by atoms with Gasteiger partial charge in [0.25, 0.3) is 0 Å². The highest BCUT2D eigenvalue weighted by Gasteiger charge is 2.26. The topological polar surface area (TPSA) is 62.4 Å². The minimum absolute atomic E-state index is 0.560. The van der Waals surface area contributed by atoms with Crippen LogP contribution in [-0.2, 0) is 0 Å². The fourth-order valence-corrected chi connectivity index (χ4v) is 1.23. The number of nitrogens with one attached hydrogen (secondary N) is 2. The molecule has 0 aromatic rings. The Hall–Kier alpha value is -0.770. The third-order valence-corrected chi connectivity index (χ3v) is 2.30. The number of hydrazine groups is 1. The van der Waals surface area contributed by atoms with Gasteiger partial charge in [-0.3, -0.25) is 10.4 Å². The van der Waals surface area contributed by atoms with Crippen LogP contribution < -0.4 is 16.6 Å². The molecule has 2 unspecified atom stereocenters. The van der Waals surface area contributed by atoms with Crippen molar-refractivity contribution in [3.8, 4) is 0 Å². The van der Waals surface area contributed by atoms with Crippen molar-refractivity contribution in [2.75, 3.05) is 7.05 Å². The standard InChI is InChI=1S/C7H16N4/c1-5-3-4-6(5)10-7(9-2)11-8/h5-6H,3-4,8H2,1-2H3,(H2,9,10,11). The smallest absolute Gasteiger partial charge is 0.205 e. The van der Waals surface area contributed by atoms with E-state index in [1.54, 1.807) is 7.05 Å². The summed E-state index contributed by atoms with van der Waals surface area (Å²) in [7, 11) is 1.71. The second-order valence-corrected chi connectivity index (χ2v) is 3.02. The van der Waals surface area contributed by atoms with Crippen LogP contribution >= 0.6 is 0 Å². The Morgan fingerprint density at radius 1 is 1.55 bits per heavy atom. The molecule has 4 N–H and O–H groups in total. The Morgan fingerprint density at radius 3 is 2.55 bits per heavy atom. The van der Waals surface area contributed by atoms with E-state index >= 15 is 0 Å². The Labute approximate surface area is 67.2 Å². The molecule has 1 saturated carbocycles. The molecule has 0 spiro atoms. The van der Waals surface area contributed by atoms with Crippen LogP contribution in [-0.4, -0.2) is 19.0 Å². The largest absolute Gasteiger partial charge is 0.352 e. The van der Waals surface area contributed by atoms with Gasteiger partial charge < -0.3 is 5.32 Å². The van der Waals surface area contributed by atoms with E-state index in [1.807, 2.05) is 0 Å². The number of hydrogen-bond donors (Lipinski definition) is 3. The number of rotatable bonds is 1. The minimum Gasteiger partial charge on any atom is -0.352 e. The van der Waals surface area contributed by atoms with Gasteiger partial charge in [0.05, 0.1) is 0 Å². The zero-order valence-electron chi connectivity index (χ0n) is 7.09. The van der Waals surface area contributed by atoms with Crippen LogP contribution in [0.3, 0.4) is 0 Å². The van der Waals surface area contributed by atoms with E-state index in [9.17, 15) is 0 Å². The summed E-state index contributed by atoms with van der Waals surface area (Å²) < 4.78 is 0. The molecule has 0 bridgehead atoms. The second kappa shape index (κ2) is 3.57. The first-order valence-corrected chi connectivity index (χ1v) is 3.98. The summed E-state index contributed by atoms with van der Waals surface area (Å²) in [5.41, 5.74) is 2.51. The lowest BCUT2D eigenvalue weighted by atomic mass is 9.81. The lowest BCUT2D eigenvalue weighted by molar-refractivity contribution is 0.256. The van der Waals surface area contributed by atoms with Crippen molar-refractivity contribution in [1.29, 1.82) is 0 Å². The fourth-order valence-electron chi connectivity index (χ4n) is 1.23. The molecule has 0 aliphatic heterocycles. The second-order valence-electron chi connectivity index (χ2n) is 3.02. The zero-order valence-corrected chi connectivity index (χ0v) is 7.09. The molecular formula is C7H16N4. The Bertz CT molecular complexity index is 155. The van der Waals surface area contributed by atoms with Gasteiger partial charge in [0.1, 0.15) is 0 Å². The highest BCUT2D eigenvalue weighted by molar-refractivity contribution is 5.79. The molecule has 1 aliphatic rings. The van der Waals surface area contributed by atoms with Crippen molar-refractivity contribution in [1.82, 2.24) is 10.7 Å². The lowest BCUT2D eigenvalue weighted by Crippen LogP contribution is -2.52. The molecule has 1 rings (SSSR count). The molecule has 11 heavy (non-hydrogen) atoms. The Morgan fingerprint density at radius 2 is 2.27 bits per heavy atom. The predicted molar refractivity (Wildman–Crippen MR) is 46.0 cm³/mol. The van der Waals surface area contributed by atoms with Crippen molar-refractivity contribution in [3.05, 3.63) is 0 Å². The maximum Gasteiger partial charge on any atom is 0.205 e. The van der Waals surface area contributed by atoms with E-state index in [0.29, 0.717) is 12.0 Å². The summed E-state index contributed by atoms with van der Waals surface area (Å²) >= 11 is 0. The third kappa shape index (κ3) is 1.83. The van der Waals surface area contributed by atoms with E-state index in [4.69, 9.17) is 5.84 Å². The molecule has 64 valence electrons. The van der Waals surface area contributed by atoms with Gasteiger partial charge in [0.2, 0.25) is 5.96 Å². The van der Waals surface area contributed by atoms with Crippen molar-refractivity contribution < 1.29 is 0 Å². The van der Waals surface area contributed by atoms with Crippen LogP contribution in [0.2, 0.25) is 0 Å². The summed E-state index contributed by atoms with van der Waals surface area (Å²) in [5.74, 6) is 6.64. The Kier molecular flexibility index (Phi) is 2.70. The van der Waals surface area contributed by atoms with Crippen LogP contribution in [0.4, 0.5) is 0 Å². The van der Waals surface area contributed by atoms with Crippen molar-refractivity contribution in [2.24, 2.45) is 16.8 Å². The monoisotopic (exact) mass is 156 g/mol. The fraction of sp³-hybridized carbons (Fsp3) is 0.857. The van der Waals surface area contributed by atoms with E-state index in [-0.39, 0.29) is 0 Å². The van der Waals surface area contributed by atoms with Gasteiger partial charge in [0.15, 0.2) is 0 Å². The van der Waals surface area contributed by atoms with E-state index in [1.165, 1.54) is 12.8 Å². The highest BCUT2D eigenvalue weighted by Crippen LogP contribution is 2.25. The maximum absolute atomic E-state index is 5.21. The van der Waals surface area contributed by atoms with E-state index in [2.05, 4.69) is 22.7 Å². The van der Waals surface area contributed by atoms with Gasteiger partial charge in [-0.05, 0) is 18.8 Å². The molecule has 1 aliphatic carbocycles. The average Bonchev–Trinajstić information content (AvgIpc) is 2.04. The van der Waals surface area contributed by atoms with Crippen LogP contribution in [0, 0.1) is 5.92 Å². The molecular weight excluding hydrogens is 140 g/mol. The average molecular weight is 156 g/mol. The predicted octanol–water partition coefficient (Wildman–Crippen LogP) is -0.176. The molecule has 0 heterocycles. The minimum atomic E-state index is 0.560. The normalized spacial score (nSPS) is 31.0. The molecule has 0 aromatic carbocycles. The van der Waals surface area contributed by atoms with Gasteiger partial charge in [-0.25, -0.2) is 5.84 Å².